The monoisotopic (exact) mass is 274 g/mol. The van der Waals surface area contributed by atoms with Crippen molar-refractivity contribution < 1.29 is 14.9 Å². The van der Waals surface area contributed by atoms with Gasteiger partial charge in [0.25, 0.3) is 0 Å². The Bertz CT molecular complexity index is 541. The number of rotatable bonds is 0. The predicted octanol–water partition coefficient (Wildman–Crippen LogP) is 2.95. The molecule has 0 aromatic heterocycles. The maximum absolute atomic E-state index is 10.3. The van der Waals surface area contributed by atoms with E-state index in [2.05, 4.69) is 13.0 Å². The topological polar surface area (TPSA) is 49.7 Å². The highest BCUT2D eigenvalue weighted by molar-refractivity contribution is 5.39. The molecule has 4 rings (SSSR count). The van der Waals surface area contributed by atoms with Crippen molar-refractivity contribution >= 4 is 0 Å². The average Bonchev–Trinajstić information content (AvgIpc) is 2.74. The second-order valence-electron chi connectivity index (χ2n) is 7.01. The molecule has 0 spiro atoms. The van der Waals surface area contributed by atoms with Crippen molar-refractivity contribution in [2.75, 3.05) is 0 Å². The zero-order valence-corrected chi connectivity index (χ0v) is 11.9. The van der Waals surface area contributed by atoms with Crippen LogP contribution in [-0.4, -0.2) is 22.4 Å². The fourth-order valence-corrected chi connectivity index (χ4v) is 4.88. The molecule has 3 aliphatic rings. The van der Waals surface area contributed by atoms with Crippen LogP contribution in [0.2, 0.25) is 0 Å². The number of hydrogen-bond donors (Lipinski definition) is 2. The second-order valence-corrected chi connectivity index (χ2v) is 7.01. The summed E-state index contributed by atoms with van der Waals surface area (Å²) in [5, 5.41) is 19.9. The molecule has 0 radical (unpaired) electrons. The molecule has 20 heavy (non-hydrogen) atoms. The largest absolute Gasteiger partial charge is 0.508 e. The number of aliphatic hydroxyl groups is 1. The van der Waals surface area contributed by atoms with Crippen LogP contribution < -0.4 is 0 Å². The summed E-state index contributed by atoms with van der Waals surface area (Å²) in [7, 11) is 0. The fourth-order valence-electron chi connectivity index (χ4n) is 4.88. The third kappa shape index (κ3) is 1.60. The lowest BCUT2D eigenvalue weighted by Crippen LogP contribution is -2.47. The highest BCUT2D eigenvalue weighted by atomic mass is 16.5. The van der Waals surface area contributed by atoms with Gasteiger partial charge in [-0.05, 0) is 60.3 Å². The Morgan fingerprint density at radius 2 is 2.10 bits per heavy atom. The summed E-state index contributed by atoms with van der Waals surface area (Å²) in [5.74, 6) is 1.23. The van der Waals surface area contributed by atoms with E-state index in [9.17, 15) is 10.2 Å². The van der Waals surface area contributed by atoms with Gasteiger partial charge in [-0.15, -0.1) is 0 Å². The summed E-state index contributed by atoms with van der Waals surface area (Å²) in [6.45, 7) is 2.83. The van der Waals surface area contributed by atoms with Crippen LogP contribution in [0.1, 0.15) is 49.7 Å². The molecule has 3 nitrogen and oxygen atoms in total. The summed E-state index contributed by atoms with van der Waals surface area (Å²) in [5.41, 5.74) is 2.52. The molecule has 2 saturated carbocycles. The molecule has 0 amide bonds. The SMILES string of the molecule is C[C@]12CC[C@@H]3c4ccc(O)cc4CO[C@H]3[C@@H]1CC[C@@H]2O. The predicted molar refractivity (Wildman–Crippen MR) is 75.5 cm³/mol. The van der Waals surface area contributed by atoms with Crippen LogP contribution in [0.3, 0.4) is 0 Å². The lowest BCUT2D eigenvalue weighted by atomic mass is 9.61. The molecule has 2 aliphatic carbocycles. The second kappa shape index (κ2) is 4.22. The van der Waals surface area contributed by atoms with Gasteiger partial charge < -0.3 is 14.9 Å². The molecule has 0 saturated heterocycles. The van der Waals surface area contributed by atoms with E-state index < -0.39 is 0 Å². The average molecular weight is 274 g/mol. The van der Waals surface area contributed by atoms with E-state index in [1.165, 1.54) is 5.56 Å². The number of aromatic hydroxyl groups is 1. The van der Waals surface area contributed by atoms with Crippen LogP contribution in [0.25, 0.3) is 0 Å². The van der Waals surface area contributed by atoms with E-state index in [1.54, 1.807) is 6.07 Å². The van der Waals surface area contributed by atoms with Gasteiger partial charge in [-0.25, -0.2) is 0 Å². The Morgan fingerprint density at radius 3 is 2.95 bits per heavy atom. The Hall–Kier alpha value is -1.06. The smallest absolute Gasteiger partial charge is 0.115 e. The van der Waals surface area contributed by atoms with Crippen molar-refractivity contribution in [3.8, 4) is 5.75 Å². The molecule has 108 valence electrons. The number of fused-ring (bicyclic) bond motifs is 5. The first-order valence-corrected chi connectivity index (χ1v) is 7.71. The summed E-state index contributed by atoms with van der Waals surface area (Å²) < 4.78 is 6.17. The van der Waals surface area contributed by atoms with E-state index in [0.717, 1.165) is 31.2 Å². The van der Waals surface area contributed by atoms with Crippen LogP contribution in [0.4, 0.5) is 0 Å². The number of phenols is 1. The number of hydrogen-bond acceptors (Lipinski definition) is 3. The van der Waals surface area contributed by atoms with Crippen molar-refractivity contribution in [1.29, 1.82) is 0 Å². The molecular formula is C17H22O3. The van der Waals surface area contributed by atoms with Crippen LogP contribution in [0, 0.1) is 11.3 Å². The third-order valence-electron chi connectivity index (χ3n) is 6.10. The van der Waals surface area contributed by atoms with Gasteiger partial charge in [-0.2, -0.15) is 0 Å². The number of phenolic OH excluding ortho intramolecular Hbond substituents is 1. The summed E-state index contributed by atoms with van der Waals surface area (Å²) in [6.07, 6.45) is 4.21. The standard InChI is InChI=1S/C17H22O3/c1-17-7-6-13-12-3-2-11(18)8-10(12)9-20-16(13)14(17)4-5-15(17)19/h2-3,8,13-16,18-19H,4-7,9H2,1H3/t13-,14+,15+,16-,17+/m1/s1. The molecule has 0 bridgehead atoms. The molecule has 0 unspecified atom stereocenters. The van der Waals surface area contributed by atoms with Crippen LogP contribution in [0.15, 0.2) is 18.2 Å². The summed E-state index contributed by atoms with van der Waals surface area (Å²) >= 11 is 0. The van der Waals surface area contributed by atoms with Crippen molar-refractivity contribution in [3.05, 3.63) is 29.3 Å². The van der Waals surface area contributed by atoms with Gasteiger partial charge in [0, 0.05) is 5.92 Å². The minimum absolute atomic E-state index is 0.0373. The molecule has 1 aliphatic heterocycles. The van der Waals surface area contributed by atoms with Gasteiger partial charge in [0.15, 0.2) is 0 Å². The van der Waals surface area contributed by atoms with Gasteiger partial charge in [-0.3, -0.25) is 0 Å². The highest BCUT2D eigenvalue weighted by Gasteiger charge is 2.55. The fraction of sp³-hybridized carbons (Fsp3) is 0.647. The molecule has 2 fully saturated rings. The Labute approximate surface area is 119 Å². The quantitative estimate of drug-likeness (QED) is 0.764. The molecule has 1 heterocycles. The third-order valence-corrected chi connectivity index (χ3v) is 6.10. The van der Waals surface area contributed by atoms with Gasteiger partial charge in [0.1, 0.15) is 5.75 Å². The maximum atomic E-state index is 10.3. The lowest BCUT2D eigenvalue weighted by Gasteiger charge is -2.49. The summed E-state index contributed by atoms with van der Waals surface area (Å²) in [6, 6.07) is 5.69. The Kier molecular flexibility index (Phi) is 2.67. The number of ether oxygens (including phenoxy) is 1. The number of benzene rings is 1. The molecular weight excluding hydrogens is 252 g/mol. The number of aliphatic hydroxyl groups excluding tert-OH is 1. The molecule has 5 atom stereocenters. The van der Waals surface area contributed by atoms with Crippen LogP contribution >= 0.6 is 0 Å². The minimum atomic E-state index is -0.168. The van der Waals surface area contributed by atoms with E-state index >= 15 is 0 Å². The van der Waals surface area contributed by atoms with Gasteiger partial charge in [0.2, 0.25) is 0 Å². The van der Waals surface area contributed by atoms with Crippen molar-refractivity contribution in [2.24, 2.45) is 11.3 Å². The van der Waals surface area contributed by atoms with Crippen molar-refractivity contribution in [1.82, 2.24) is 0 Å². The van der Waals surface area contributed by atoms with Crippen LogP contribution in [-0.2, 0) is 11.3 Å². The van der Waals surface area contributed by atoms with Gasteiger partial charge >= 0.3 is 0 Å². The molecule has 2 N–H and O–H groups in total. The van der Waals surface area contributed by atoms with Gasteiger partial charge in [0.05, 0.1) is 18.8 Å². The normalized spacial score (nSPS) is 42.7. The zero-order chi connectivity index (χ0) is 13.9. The first kappa shape index (κ1) is 12.7. The molecule has 3 heteroatoms. The molecule has 1 aromatic rings. The van der Waals surface area contributed by atoms with Crippen molar-refractivity contribution in [3.63, 3.8) is 0 Å². The lowest BCUT2D eigenvalue weighted by molar-refractivity contribution is -0.106. The highest BCUT2D eigenvalue weighted by Crippen LogP contribution is 2.58. The van der Waals surface area contributed by atoms with E-state index in [-0.39, 0.29) is 17.6 Å². The minimum Gasteiger partial charge on any atom is -0.508 e. The first-order valence-electron chi connectivity index (χ1n) is 7.71. The van der Waals surface area contributed by atoms with E-state index in [1.807, 2.05) is 6.07 Å². The van der Waals surface area contributed by atoms with E-state index in [0.29, 0.717) is 24.2 Å². The van der Waals surface area contributed by atoms with E-state index in [4.69, 9.17) is 4.74 Å². The van der Waals surface area contributed by atoms with Gasteiger partial charge in [-0.1, -0.05) is 13.0 Å². The maximum Gasteiger partial charge on any atom is 0.115 e. The molecule has 1 aromatic carbocycles. The first-order chi connectivity index (χ1) is 9.59. The zero-order valence-electron chi connectivity index (χ0n) is 11.9. The Morgan fingerprint density at radius 1 is 1.25 bits per heavy atom. The Balaban J connectivity index is 1.71. The van der Waals surface area contributed by atoms with Crippen molar-refractivity contribution in [2.45, 2.75) is 57.3 Å². The van der Waals surface area contributed by atoms with Crippen LogP contribution in [0.5, 0.6) is 5.75 Å². The summed E-state index contributed by atoms with van der Waals surface area (Å²) in [4.78, 5) is 0.